The molecule has 1 heterocycles. The number of nitriles is 1. The van der Waals surface area contributed by atoms with Crippen LogP contribution in [0.15, 0.2) is 36.5 Å². The monoisotopic (exact) mass is 283 g/mol. The minimum atomic E-state index is 0.305. The number of methoxy groups -OCH3 is 1. The van der Waals surface area contributed by atoms with E-state index >= 15 is 0 Å². The van der Waals surface area contributed by atoms with Gasteiger partial charge < -0.3 is 14.8 Å². The molecular weight excluding hydrogens is 266 g/mol. The summed E-state index contributed by atoms with van der Waals surface area (Å²) in [6, 6.07) is 11.4. The Bertz CT molecular complexity index is 650. The first-order chi connectivity index (χ1) is 10.3. The molecule has 1 aromatic carbocycles. The van der Waals surface area contributed by atoms with E-state index < -0.39 is 0 Å². The van der Waals surface area contributed by atoms with E-state index in [4.69, 9.17) is 14.7 Å². The maximum absolute atomic E-state index is 9.03. The Hall–Kier alpha value is -2.58. The lowest BCUT2D eigenvalue weighted by atomic mass is 10.2. The first-order valence-corrected chi connectivity index (χ1v) is 6.56. The van der Waals surface area contributed by atoms with Crippen molar-refractivity contribution in [3.8, 4) is 17.6 Å². The van der Waals surface area contributed by atoms with Crippen LogP contribution < -0.4 is 14.8 Å². The van der Waals surface area contributed by atoms with Crippen LogP contribution in [0.25, 0.3) is 0 Å². The predicted molar refractivity (Wildman–Crippen MR) is 79.0 cm³/mol. The minimum Gasteiger partial charge on any atom is -0.497 e. The second-order valence-electron chi connectivity index (χ2n) is 4.42. The Kier molecular flexibility index (Phi) is 5.13. The molecule has 0 atom stereocenters. The van der Waals surface area contributed by atoms with Crippen LogP contribution in [-0.4, -0.2) is 19.1 Å². The van der Waals surface area contributed by atoms with E-state index in [1.54, 1.807) is 19.4 Å². The standard InChI is InChI=1S/C16H17N3O2/c1-18-10-13-8-14(20-2)5-6-16(13)21-11-12-4-3-7-19-15(12)9-17/h3-8,18H,10-11H2,1-2H3. The van der Waals surface area contributed by atoms with E-state index in [0.717, 1.165) is 22.6 Å². The van der Waals surface area contributed by atoms with Gasteiger partial charge >= 0.3 is 0 Å². The largest absolute Gasteiger partial charge is 0.497 e. The molecule has 0 radical (unpaired) electrons. The maximum atomic E-state index is 9.03. The van der Waals surface area contributed by atoms with Crippen molar-refractivity contribution in [1.29, 1.82) is 5.26 Å². The van der Waals surface area contributed by atoms with Gasteiger partial charge in [-0.05, 0) is 31.3 Å². The number of nitrogens with zero attached hydrogens (tertiary/aromatic N) is 2. The molecule has 0 saturated carbocycles. The number of benzene rings is 1. The number of nitrogens with one attached hydrogen (secondary N) is 1. The van der Waals surface area contributed by atoms with Crippen LogP contribution in [-0.2, 0) is 13.2 Å². The van der Waals surface area contributed by atoms with Crippen molar-refractivity contribution >= 4 is 0 Å². The third-order valence-electron chi connectivity index (χ3n) is 3.02. The summed E-state index contributed by atoms with van der Waals surface area (Å²) in [7, 11) is 3.51. The van der Waals surface area contributed by atoms with Crippen LogP contribution >= 0.6 is 0 Å². The summed E-state index contributed by atoms with van der Waals surface area (Å²) in [5.74, 6) is 1.55. The summed E-state index contributed by atoms with van der Waals surface area (Å²) in [4.78, 5) is 4.02. The molecule has 0 bridgehead atoms. The van der Waals surface area contributed by atoms with Gasteiger partial charge in [-0.15, -0.1) is 0 Å². The van der Waals surface area contributed by atoms with Crippen LogP contribution in [0.4, 0.5) is 0 Å². The van der Waals surface area contributed by atoms with E-state index in [0.29, 0.717) is 18.8 Å². The van der Waals surface area contributed by atoms with Crippen molar-refractivity contribution in [3.63, 3.8) is 0 Å². The highest BCUT2D eigenvalue weighted by Crippen LogP contribution is 2.25. The molecule has 108 valence electrons. The number of hydrogen-bond acceptors (Lipinski definition) is 5. The zero-order valence-electron chi connectivity index (χ0n) is 12.1. The Morgan fingerprint density at radius 2 is 2.14 bits per heavy atom. The van der Waals surface area contributed by atoms with Gasteiger partial charge in [0, 0.05) is 23.9 Å². The molecule has 0 saturated heterocycles. The Morgan fingerprint density at radius 1 is 1.29 bits per heavy atom. The quantitative estimate of drug-likeness (QED) is 0.880. The molecular formula is C16H17N3O2. The molecule has 1 N–H and O–H groups in total. The zero-order chi connectivity index (χ0) is 15.1. The molecule has 2 rings (SSSR count). The fraction of sp³-hybridized carbons (Fsp3) is 0.250. The molecule has 5 heteroatoms. The summed E-state index contributed by atoms with van der Waals surface area (Å²) in [6.45, 7) is 0.977. The molecule has 0 spiro atoms. The van der Waals surface area contributed by atoms with Crippen molar-refractivity contribution in [2.45, 2.75) is 13.2 Å². The number of aromatic nitrogens is 1. The molecule has 0 amide bonds. The van der Waals surface area contributed by atoms with Crippen LogP contribution in [0.5, 0.6) is 11.5 Å². The minimum absolute atomic E-state index is 0.305. The van der Waals surface area contributed by atoms with Crippen LogP contribution in [0, 0.1) is 11.3 Å². The lowest BCUT2D eigenvalue weighted by Gasteiger charge is -2.13. The summed E-state index contributed by atoms with van der Waals surface area (Å²) in [5, 5.41) is 12.1. The van der Waals surface area contributed by atoms with Gasteiger partial charge in [0.1, 0.15) is 29.9 Å². The molecule has 0 unspecified atom stereocenters. The first kappa shape index (κ1) is 14.8. The van der Waals surface area contributed by atoms with Crippen LogP contribution in [0.2, 0.25) is 0 Å². The van der Waals surface area contributed by atoms with Gasteiger partial charge in [-0.25, -0.2) is 4.98 Å². The van der Waals surface area contributed by atoms with Crippen molar-refractivity contribution in [1.82, 2.24) is 10.3 Å². The van der Waals surface area contributed by atoms with Crippen LogP contribution in [0.3, 0.4) is 0 Å². The van der Waals surface area contributed by atoms with Gasteiger partial charge in [-0.3, -0.25) is 0 Å². The van der Waals surface area contributed by atoms with Gasteiger partial charge in [0.2, 0.25) is 0 Å². The fourth-order valence-corrected chi connectivity index (χ4v) is 1.96. The molecule has 2 aromatic rings. The molecule has 5 nitrogen and oxygen atoms in total. The zero-order valence-corrected chi connectivity index (χ0v) is 12.1. The van der Waals surface area contributed by atoms with Crippen molar-refractivity contribution in [3.05, 3.63) is 53.3 Å². The fourth-order valence-electron chi connectivity index (χ4n) is 1.96. The highest BCUT2D eigenvalue weighted by atomic mass is 16.5. The molecule has 21 heavy (non-hydrogen) atoms. The van der Waals surface area contributed by atoms with E-state index in [-0.39, 0.29) is 0 Å². The molecule has 0 aliphatic carbocycles. The number of hydrogen-bond donors (Lipinski definition) is 1. The van der Waals surface area contributed by atoms with Gasteiger partial charge in [-0.2, -0.15) is 5.26 Å². The summed E-state index contributed by atoms with van der Waals surface area (Å²) >= 11 is 0. The second-order valence-corrected chi connectivity index (χ2v) is 4.42. The first-order valence-electron chi connectivity index (χ1n) is 6.56. The summed E-state index contributed by atoms with van der Waals surface area (Å²) in [5.41, 5.74) is 2.16. The normalized spacial score (nSPS) is 9.95. The smallest absolute Gasteiger partial charge is 0.147 e. The second kappa shape index (κ2) is 7.27. The third kappa shape index (κ3) is 3.71. The lowest BCUT2D eigenvalue weighted by Crippen LogP contribution is -2.08. The molecule has 0 aliphatic rings. The Labute approximate surface area is 124 Å². The highest BCUT2D eigenvalue weighted by Gasteiger charge is 2.08. The van der Waals surface area contributed by atoms with Crippen molar-refractivity contribution in [2.75, 3.05) is 14.2 Å². The topological polar surface area (TPSA) is 67.2 Å². The highest BCUT2D eigenvalue weighted by molar-refractivity contribution is 5.40. The predicted octanol–water partition coefficient (Wildman–Crippen LogP) is 2.26. The van der Waals surface area contributed by atoms with Crippen LogP contribution in [0.1, 0.15) is 16.8 Å². The average molecular weight is 283 g/mol. The van der Waals surface area contributed by atoms with E-state index in [1.807, 2.05) is 31.3 Å². The number of pyridine rings is 1. The third-order valence-corrected chi connectivity index (χ3v) is 3.02. The van der Waals surface area contributed by atoms with Gasteiger partial charge in [-0.1, -0.05) is 6.07 Å². The van der Waals surface area contributed by atoms with E-state index in [9.17, 15) is 0 Å². The molecule has 0 aliphatic heterocycles. The van der Waals surface area contributed by atoms with Crippen molar-refractivity contribution < 1.29 is 9.47 Å². The molecule has 0 fully saturated rings. The van der Waals surface area contributed by atoms with Gasteiger partial charge in [0.15, 0.2) is 0 Å². The maximum Gasteiger partial charge on any atom is 0.147 e. The SMILES string of the molecule is CNCc1cc(OC)ccc1OCc1cccnc1C#N. The number of rotatable bonds is 6. The van der Waals surface area contributed by atoms with E-state index in [1.165, 1.54) is 0 Å². The Morgan fingerprint density at radius 3 is 2.86 bits per heavy atom. The van der Waals surface area contributed by atoms with E-state index in [2.05, 4.69) is 16.4 Å². The lowest BCUT2D eigenvalue weighted by molar-refractivity contribution is 0.300. The average Bonchev–Trinajstić information content (AvgIpc) is 2.54. The summed E-state index contributed by atoms with van der Waals surface area (Å²) < 4.78 is 11.1. The Balaban J connectivity index is 2.17. The number of ether oxygens (including phenoxy) is 2. The summed E-state index contributed by atoms with van der Waals surface area (Å²) in [6.07, 6.45) is 1.60. The van der Waals surface area contributed by atoms with Gasteiger partial charge in [0.05, 0.1) is 7.11 Å². The molecule has 1 aromatic heterocycles. The van der Waals surface area contributed by atoms with Gasteiger partial charge in [0.25, 0.3) is 0 Å². The van der Waals surface area contributed by atoms with Crippen molar-refractivity contribution in [2.24, 2.45) is 0 Å².